The molecule has 0 unspecified atom stereocenters. The minimum Gasteiger partial charge on any atom is -0.383 e. The van der Waals surface area contributed by atoms with Crippen LogP contribution in [0.2, 0.25) is 0 Å². The number of methoxy groups -OCH3 is 1. The van der Waals surface area contributed by atoms with Gasteiger partial charge in [0.15, 0.2) is 11.6 Å². The van der Waals surface area contributed by atoms with Crippen LogP contribution in [0.5, 0.6) is 0 Å². The van der Waals surface area contributed by atoms with Gasteiger partial charge in [-0.25, -0.2) is 24.1 Å². The summed E-state index contributed by atoms with van der Waals surface area (Å²) < 4.78 is 19.6. The van der Waals surface area contributed by atoms with E-state index in [2.05, 4.69) is 35.9 Å². The van der Waals surface area contributed by atoms with E-state index < -0.39 is 0 Å². The predicted molar refractivity (Wildman–Crippen MR) is 132 cm³/mol. The molecular formula is C23H24FN7O2S. The molecule has 2 amide bonds. The first-order valence-electron chi connectivity index (χ1n) is 10.4. The fraction of sp³-hybridized carbons (Fsp3) is 0.217. The smallest absolute Gasteiger partial charge is 0.320 e. The zero-order valence-electron chi connectivity index (χ0n) is 18.9. The standard InChI is InChI=1S/C23H24FN7O2S/c1-13-11-28-22(29-16-5-4-6-17(34-3)18(16)24)30-19(13)15-12-27-20-14(15)7-8-25-21(20)31-23(32)26-9-10-33-2/h4-8,11-12,27H,9-10H2,1-3H3,(H,28,29,30)(H2,25,26,31,32). The number of thioether (sulfide) groups is 1. The average molecular weight is 482 g/mol. The van der Waals surface area contributed by atoms with Crippen molar-refractivity contribution in [1.82, 2.24) is 25.3 Å². The molecule has 0 atom stereocenters. The zero-order valence-corrected chi connectivity index (χ0v) is 19.7. The molecule has 34 heavy (non-hydrogen) atoms. The molecule has 3 aromatic heterocycles. The van der Waals surface area contributed by atoms with Crippen LogP contribution in [0, 0.1) is 12.7 Å². The maximum Gasteiger partial charge on any atom is 0.320 e. The molecule has 0 aliphatic heterocycles. The molecule has 0 radical (unpaired) electrons. The Hall–Kier alpha value is -3.70. The van der Waals surface area contributed by atoms with Gasteiger partial charge in [0, 0.05) is 48.1 Å². The normalized spacial score (nSPS) is 10.9. The van der Waals surface area contributed by atoms with Gasteiger partial charge >= 0.3 is 6.03 Å². The molecule has 11 heteroatoms. The monoisotopic (exact) mass is 481 g/mol. The molecule has 0 fully saturated rings. The van der Waals surface area contributed by atoms with Crippen molar-refractivity contribution in [2.75, 3.05) is 37.2 Å². The van der Waals surface area contributed by atoms with E-state index in [1.54, 1.807) is 43.9 Å². The van der Waals surface area contributed by atoms with Gasteiger partial charge in [-0.1, -0.05) is 6.07 Å². The number of halogens is 1. The molecule has 9 nitrogen and oxygen atoms in total. The minimum atomic E-state index is -0.382. The highest BCUT2D eigenvalue weighted by Gasteiger charge is 2.16. The van der Waals surface area contributed by atoms with E-state index in [9.17, 15) is 9.18 Å². The number of carbonyl (C=O) groups is 1. The van der Waals surface area contributed by atoms with Crippen LogP contribution in [0.25, 0.3) is 22.2 Å². The number of ether oxygens (including phenoxy) is 1. The molecule has 0 bridgehead atoms. The van der Waals surface area contributed by atoms with Gasteiger partial charge in [-0.05, 0) is 36.9 Å². The highest BCUT2D eigenvalue weighted by Crippen LogP contribution is 2.33. The van der Waals surface area contributed by atoms with Gasteiger partial charge in [0.05, 0.1) is 23.5 Å². The topological polar surface area (TPSA) is 117 Å². The van der Waals surface area contributed by atoms with Crippen LogP contribution in [0.15, 0.2) is 47.8 Å². The number of hydrogen-bond acceptors (Lipinski definition) is 7. The van der Waals surface area contributed by atoms with Gasteiger partial charge in [-0.2, -0.15) is 0 Å². The lowest BCUT2D eigenvalue weighted by Gasteiger charge is -2.11. The molecule has 0 spiro atoms. The fourth-order valence-electron chi connectivity index (χ4n) is 3.42. The van der Waals surface area contributed by atoms with E-state index in [1.807, 2.05) is 19.2 Å². The van der Waals surface area contributed by atoms with E-state index in [4.69, 9.17) is 4.74 Å². The molecule has 0 aliphatic rings. The number of pyridine rings is 1. The average Bonchev–Trinajstić information content (AvgIpc) is 3.27. The largest absolute Gasteiger partial charge is 0.383 e. The molecular weight excluding hydrogens is 457 g/mol. The summed E-state index contributed by atoms with van der Waals surface area (Å²) in [5.41, 5.74) is 3.28. The Kier molecular flexibility index (Phi) is 7.24. The van der Waals surface area contributed by atoms with Crippen molar-refractivity contribution in [3.63, 3.8) is 0 Å². The molecule has 4 N–H and O–H groups in total. The van der Waals surface area contributed by atoms with Crippen molar-refractivity contribution in [1.29, 1.82) is 0 Å². The summed E-state index contributed by atoms with van der Waals surface area (Å²) in [6.45, 7) is 2.69. The van der Waals surface area contributed by atoms with Crippen molar-refractivity contribution in [2.24, 2.45) is 0 Å². The van der Waals surface area contributed by atoms with Crippen molar-refractivity contribution < 1.29 is 13.9 Å². The summed E-state index contributed by atoms with van der Waals surface area (Å²) in [4.78, 5) is 29.1. The van der Waals surface area contributed by atoms with Crippen molar-refractivity contribution in [3.05, 3.63) is 54.2 Å². The molecule has 0 saturated carbocycles. The summed E-state index contributed by atoms with van der Waals surface area (Å²) in [7, 11) is 1.57. The summed E-state index contributed by atoms with van der Waals surface area (Å²) >= 11 is 1.33. The number of urea groups is 1. The van der Waals surface area contributed by atoms with Gasteiger partial charge in [0.2, 0.25) is 5.95 Å². The number of aromatic nitrogens is 4. The summed E-state index contributed by atoms with van der Waals surface area (Å²) in [6.07, 6.45) is 6.92. The second kappa shape index (κ2) is 10.5. The molecule has 4 aromatic rings. The maximum absolute atomic E-state index is 14.7. The van der Waals surface area contributed by atoms with Crippen LogP contribution in [-0.4, -0.2) is 52.5 Å². The van der Waals surface area contributed by atoms with Crippen LogP contribution < -0.4 is 16.0 Å². The SMILES string of the molecule is COCCNC(=O)Nc1nccc2c(-c3nc(Nc4cccc(SC)c4F)ncc3C)c[nH]c12. The Labute approximate surface area is 199 Å². The lowest BCUT2D eigenvalue weighted by molar-refractivity contribution is 0.198. The summed E-state index contributed by atoms with van der Waals surface area (Å²) in [5, 5.41) is 9.25. The quantitative estimate of drug-likeness (QED) is 0.213. The van der Waals surface area contributed by atoms with Crippen LogP contribution in [-0.2, 0) is 4.74 Å². The predicted octanol–water partition coefficient (Wildman–Crippen LogP) is 4.70. The lowest BCUT2D eigenvalue weighted by atomic mass is 10.1. The zero-order chi connectivity index (χ0) is 24.1. The summed E-state index contributed by atoms with van der Waals surface area (Å²) in [5.74, 6) is 0.315. The highest BCUT2D eigenvalue weighted by molar-refractivity contribution is 7.98. The van der Waals surface area contributed by atoms with E-state index in [1.165, 1.54) is 11.8 Å². The molecule has 176 valence electrons. The second-order valence-corrected chi connectivity index (χ2v) is 8.18. The fourth-order valence-corrected chi connectivity index (χ4v) is 3.93. The molecule has 4 rings (SSSR count). The molecule has 1 aromatic carbocycles. The van der Waals surface area contributed by atoms with Gasteiger partial charge < -0.3 is 20.4 Å². The third kappa shape index (κ3) is 4.95. The number of benzene rings is 1. The number of carbonyl (C=O) groups excluding carboxylic acids is 1. The van der Waals surface area contributed by atoms with Crippen LogP contribution in [0.1, 0.15) is 5.56 Å². The van der Waals surface area contributed by atoms with Crippen molar-refractivity contribution in [3.8, 4) is 11.3 Å². The Bertz CT molecular complexity index is 1330. The Balaban J connectivity index is 1.64. The molecule has 0 aliphatic carbocycles. The number of amides is 2. The highest BCUT2D eigenvalue weighted by atomic mass is 32.2. The van der Waals surface area contributed by atoms with Gasteiger partial charge in [0.1, 0.15) is 0 Å². The number of fused-ring (bicyclic) bond motifs is 1. The van der Waals surface area contributed by atoms with Crippen LogP contribution in [0.4, 0.5) is 26.6 Å². The molecule has 0 saturated heterocycles. The minimum absolute atomic E-state index is 0.275. The second-order valence-electron chi connectivity index (χ2n) is 7.33. The van der Waals surface area contributed by atoms with Crippen molar-refractivity contribution in [2.45, 2.75) is 11.8 Å². The first kappa shape index (κ1) is 23.5. The third-order valence-corrected chi connectivity index (χ3v) is 5.84. The first-order valence-corrected chi connectivity index (χ1v) is 11.7. The maximum atomic E-state index is 14.7. The number of hydrogen-bond donors (Lipinski definition) is 4. The Morgan fingerprint density at radius 2 is 2.12 bits per heavy atom. The van der Waals surface area contributed by atoms with E-state index in [0.29, 0.717) is 40.8 Å². The number of aromatic amines is 1. The van der Waals surface area contributed by atoms with E-state index >= 15 is 0 Å². The number of rotatable bonds is 8. The number of H-pyrrole nitrogens is 1. The summed E-state index contributed by atoms with van der Waals surface area (Å²) in [6, 6.07) is 6.60. The first-order chi connectivity index (χ1) is 16.5. The van der Waals surface area contributed by atoms with Gasteiger partial charge in [-0.15, -0.1) is 11.8 Å². The van der Waals surface area contributed by atoms with E-state index in [-0.39, 0.29) is 17.8 Å². The van der Waals surface area contributed by atoms with Crippen LogP contribution in [0.3, 0.4) is 0 Å². The van der Waals surface area contributed by atoms with Gasteiger partial charge in [-0.3, -0.25) is 5.32 Å². The lowest BCUT2D eigenvalue weighted by Crippen LogP contribution is -2.31. The Morgan fingerprint density at radius 1 is 1.26 bits per heavy atom. The van der Waals surface area contributed by atoms with Crippen LogP contribution >= 0.6 is 11.8 Å². The molecule has 3 heterocycles. The van der Waals surface area contributed by atoms with E-state index in [0.717, 1.165) is 16.5 Å². The van der Waals surface area contributed by atoms with Gasteiger partial charge in [0.25, 0.3) is 0 Å². The van der Waals surface area contributed by atoms with Crippen molar-refractivity contribution >= 4 is 46.1 Å². The number of anilines is 3. The Morgan fingerprint density at radius 3 is 2.91 bits per heavy atom. The number of nitrogens with zero attached hydrogens (tertiary/aromatic N) is 3. The number of nitrogens with one attached hydrogen (secondary N) is 4. The number of aryl methyl sites for hydroxylation is 1. The third-order valence-electron chi connectivity index (χ3n) is 5.08.